The lowest BCUT2D eigenvalue weighted by Crippen LogP contribution is -2.24. The monoisotopic (exact) mass is 208 g/mol. The molecule has 15 heavy (non-hydrogen) atoms. The average molecular weight is 208 g/mol. The van der Waals surface area contributed by atoms with Gasteiger partial charge in [0.05, 0.1) is 25.5 Å². The van der Waals surface area contributed by atoms with Gasteiger partial charge in [-0.3, -0.25) is 4.79 Å². The van der Waals surface area contributed by atoms with E-state index in [1.165, 1.54) is 7.11 Å². The number of esters is 1. The highest BCUT2D eigenvalue weighted by Crippen LogP contribution is 2.00. The van der Waals surface area contributed by atoms with E-state index in [2.05, 4.69) is 15.0 Å². The topological polar surface area (TPSA) is 79.9 Å². The molecule has 0 saturated carbocycles. The number of imidazole rings is 1. The minimum Gasteiger partial charge on any atom is -0.468 e. The Hall–Kier alpha value is -1.87. The number of carbonyl (C=O) groups is 1. The van der Waals surface area contributed by atoms with Crippen molar-refractivity contribution in [1.29, 1.82) is 5.26 Å². The summed E-state index contributed by atoms with van der Waals surface area (Å²) in [5, 5.41) is 11.5. The molecule has 0 aliphatic heterocycles. The highest BCUT2D eigenvalue weighted by atomic mass is 16.5. The van der Waals surface area contributed by atoms with Crippen LogP contribution < -0.4 is 5.32 Å². The zero-order valence-electron chi connectivity index (χ0n) is 8.65. The van der Waals surface area contributed by atoms with Crippen LogP contribution in [0.4, 0.5) is 0 Å². The van der Waals surface area contributed by atoms with Crippen molar-refractivity contribution < 1.29 is 9.53 Å². The fourth-order valence-electron chi connectivity index (χ4n) is 1.08. The van der Waals surface area contributed by atoms with Crippen molar-refractivity contribution in [2.45, 2.75) is 6.54 Å². The molecule has 0 aliphatic rings. The summed E-state index contributed by atoms with van der Waals surface area (Å²) in [6.45, 7) is 0.615. The number of ether oxygens (including phenoxy) is 1. The van der Waals surface area contributed by atoms with E-state index in [1.807, 2.05) is 6.07 Å². The summed E-state index contributed by atoms with van der Waals surface area (Å²) in [5.74, 6) is 0.0301. The number of methoxy groups -OCH3 is 1. The summed E-state index contributed by atoms with van der Waals surface area (Å²) < 4.78 is 6.14. The summed E-state index contributed by atoms with van der Waals surface area (Å²) in [7, 11) is 3.09. The van der Waals surface area contributed by atoms with Crippen LogP contribution in [0, 0.1) is 11.3 Å². The minimum atomic E-state index is -0.322. The third-order valence-electron chi connectivity index (χ3n) is 1.99. The van der Waals surface area contributed by atoms with Crippen LogP contribution in [0.15, 0.2) is 6.20 Å². The van der Waals surface area contributed by atoms with E-state index in [9.17, 15) is 4.79 Å². The summed E-state index contributed by atoms with van der Waals surface area (Å²) in [6.07, 6.45) is 1.60. The SMILES string of the molecule is COC(=O)CNCc1cnc(C#N)n1C. The molecule has 1 aromatic heterocycles. The molecule has 0 radical (unpaired) electrons. The standard InChI is InChI=1S/C9H12N4O2/c1-13-7(5-12-8(13)3-10)4-11-6-9(14)15-2/h5,11H,4,6H2,1-2H3. The second kappa shape index (κ2) is 5.12. The van der Waals surface area contributed by atoms with E-state index in [4.69, 9.17) is 5.26 Å². The number of hydrogen-bond donors (Lipinski definition) is 1. The van der Waals surface area contributed by atoms with Gasteiger partial charge in [-0.05, 0) is 0 Å². The molecule has 0 saturated heterocycles. The van der Waals surface area contributed by atoms with Gasteiger partial charge in [0, 0.05) is 13.6 Å². The van der Waals surface area contributed by atoms with E-state index in [-0.39, 0.29) is 12.5 Å². The van der Waals surface area contributed by atoms with Crippen LogP contribution in [0.5, 0.6) is 0 Å². The summed E-state index contributed by atoms with van der Waals surface area (Å²) in [5.41, 5.74) is 0.843. The third-order valence-corrected chi connectivity index (χ3v) is 1.99. The van der Waals surface area contributed by atoms with Crippen molar-refractivity contribution in [3.8, 4) is 6.07 Å². The maximum Gasteiger partial charge on any atom is 0.319 e. The molecule has 1 aromatic rings. The molecule has 0 spiro atoms. The summed E-state index contributed by atoms with van der Waals surface area (Å²) in [6, 6.07) is 1.96. The van der Waals surface area contributed by atoms with Gasteiger partial charge in [-0.2, -0.15) is 5.26 Å². The number of nitrogens with zero attached hydrogens (tertiary/aromatic N) is 3. The normalized spacial score (nSPS) is 9.67. The maximum atomic E-state index is 10.8. The van der Waals surface area contributed by atoms with Crippen molar-refractivity contribution in [2.75, 3.05) is 13.7 Å². The second-order valence-electron chi connectivity index (χ2n) is 2.92. The van der Waals surface area contributed by atoms with Gasteiger partial charge in [-0.1, -0.05) is 0 Å². The fourth-order valence-corrected chi connectivity index (χ4v) is 1.08. The van der Waals surface area contributed by atoms with E-state index >= 15 is 0 Å². The van der Waals surface area contributed by atoms with E-state index in [0.29, 0.717) is 12.4 Å². The Kier molecular flexibility index (Phi) is 3.83. The first-order chi connectivity index (χ1) is 7.19. The number of nitrogens with one attached hydrogen (secondary N) is 1. The first-order valence-corrected chi connectivity index (χ1v) is 4.37. The lowest BCUT2D eigenvalue weighted by atomic mass is 10.4. The van der Waals surface area contributed by atoms with Gasteiger partial charge in [-0.25, -0.2) is 4.98 Å². The third kappa shape index (κ3) is 2.79. The van der Waals surface area contributed by atoms with Gasteiger partial charge in [0.2, 0.25) is 5.82 Å². The predicted molar refractivity (Wildman–Crippen MR) is 51.6 cm³/mol. The van der Waals surface area contributed by atoms with Crippen molar-refractivity contribution >= 4 is 5.97 Å². The molecule has 6 nitrogen and oxygen atoms in total. The van der Waals surface area contributed by atoms with Crippen LogP contribution in [0.3, 0.4) is 0 Å². The van der Waals surface area contributed by atoms with Crippen LogP contribution in [0.2, 0.25) is 0 Å². The predicted octanol–water partition coefficient (Wildman–Crippen LogP) is -0.446. The Morgan fingerprint density at radius 2 is 2.53 bits per heavy atom. The zero-order chi connectivity index (χ0) is 11.3. The first kappa shape index (κ1) is 11.2. The number of rotatable bonds is 4. The Morgan fingerprint density at radius 3 is 3.07 bits per heavy atom. The first-order valence-electron chi connectivity index (χ1n) is 4.37. The smallest absolute Gasteiger partial charge is 0.319 e. The zero-order valence-corrected chi connectivity index (χ0v) is 8.65. The van der Waals surface area contributed by atoms with E-state index in [0.717, 1.165) is 5.69 Å². The van der Waals surface area contributed by atoms with E-state index in [1.54, 1.807) is 17.8 Å². The van der Waals surface area contributed by atoms with E-state index < -0.39 is 0 Å². The van der Waals surface area contributed by atoms with Gasteiger partial charge in [0.25, 0.3) is 0 Å². The summed E-state index contributed by atoms with van der Waals surface area (Å²) >= 11 is 0. The molecule has 0 aliphatic carbocycles. The highest BCUT2D eigenvalue weighted by Gasteiger charge is 2.05. The number of aromatic nitrogens is 2. The van der Waals surface area contributed by atoms with Gasteiger partial charge >= 0.3 is 5.97 Å². The summed E-state index contributed by atoms with van der Waals surface area (Å²) in [4.78, 5) is 14.7. The number of carbonyl (C=O) groups excluding carboxylic acids is 1. The van der Waals surface area contributed by atoms with Crippen molar-refractivity contribution in [1.82, 2.24) is 14.9 Å². The molecule has 1 rings (SSSR count). The van der Waals surface area contributed by atoms with Gasteiger partial charge in [0.15, 0.2) is 0 Å². The molecule has 1 N–H and O–H groups in total. The molecule has 0 amide bonds. The van der Waals surface area contributed by atoms with Gasteiger partial charge < -0.3 is 14.6 Å². The molecule has 0 bridgehead atoms. The Morgan fingerprint density at radius 1 is 1.80 bits per heavy atom. The molecule has 0 fully saturated rings. The lowest BCUT2D eigenvalue weighted by molar-refractivity contribution is -0.139. The fraction of sp³-hybridized carbons (Fsp3) is 0.444. The molecule has 80 valence electrons. The maximum absolute atomic E-state index is 10.8. The van der Waals surface area contributed by atoms with Crippen molar-refractivity contribution in [2.24, 2.45) is 7.05 Å². The van der Waals surface area contributed by atoms with Crippen molar-refractivity contribution in [3.63, 3.8) is 0 Å². The quantitative estimate of drug-likeness (QED) is 0.678. The number of nitriles is 1. The van der Waals surface area contributed by atoms with Crippen LogP contribution in [-0.2, 0) is 23.1 Å². The minimum absolute atomic E-state index is 0.142. The largest absolute Gasteiger partial charge is 0.468 e. The lowest BCUT2D eigenvalue weighted by Gasteiger charge is -2.04. The Balaban J connectivity index is 2.48. The molecular formula is C9H12N4O2. The average Bonchev–Trinajstić information content (AvgIpc) is 2.60. The Bertz CT molecular complexity index is 391. The van der Waals surface area contributed by atoms with Crippen molar-refractivity contribution in [3.05, 3.63) is 17.7 Å². The number of hydrogen-bond acceptors (Lipinski definition) is 5. The molecule has 6 heteroatoms. The highest BCUT2D eigenvalue weighted by molar-refractivity contribution is 5.71. The Labute approximate surface area is 87.5 Å². The van der Waals surface area contributed by atoms with Gasteiger partial charge in [-0.15, -0.1) is 0 Å². The second-order valence-corrected chi connectivity index (χ2v) is 2.92. The molecular weight excluding hydrogens is 196 g/mol. The molecule has 1 heterocycles. The molecule has 0 atom stereocenters. The molecule has 0 unspecified atom stereocenters. The molecule has 0 aromatic carbocycles. The van der Waals surface area contributed by atoms with Crippen LogP contribution in [0.1, 0.15) is 11.5 Å². The van der Waals surface area contributed by atoms with Crippen LogP contribution in [0.25, 0.3) is 0 Å². The van der Waals surface area contributed by atoms with Crippen LogP contribution >= 0.6 is 0 Å². The van der Waals surface area contributed by atoms with Crippen LogP contribution in [-0.4, -0.2) is 29.2 Å². The van der Waals surface area contributed by atoms with Gasteiger partial charge in [0.1, 0.15) is 6.07 Å².